The van der Waals surface area contributed by atoms with Crippen molar-refractivity contribution in [2.24, 2.45) is 0 Å². The molecule has 1 aromatic heterocycles. The third kappa shape index (κ3) is 2.33. The summed E-state index contributed by atoms with van der Waals surface area (Å²) in [5.74, 6) is 2.47. The van der Waals surface area contributed by atoms with E-state index < -0.39 is 0 Å². The summed E-state index contributed by atoms with van der Waals surface area (Å²) < 4.78 is 10.8. The molecule has 4 rings (SSSR count). The SMILES string of the molecule is COc1cc2ncnc(N3CCc4cc(O)c(C)c(C)c43)c2cc1OC. The van der Waals surface area contributed by atoms with Crippen molar-refractivity contribution in [2.45, 2.75) is 20.3 Å². The van der Waals surface area contributed by atoms with Gasteiger partial charge in [0.25, 0.3) is 0 Å². The molecule has 0 bridgehead atoms. The fourth-order valence-electron chi connectivity index (χ4n) is 3.66. The first-order valence-corrected chi connectivity index (χ1v) is 8.51. The monoisotopic (exact) mass is 351 g/mol. The summed E-state index contributed by atoms with van der Waals surface area (Å²) in [6, 6.07) is 5.65. The number of hydrogen-bond donors (Lipinski definition) is 1. The first-order chi connectivity index (χ1) is 12.5. The van der Waals surface area contributed by atoms with Crippen molar-refractivity contribution in [1.29, 1.82) is 0 Å². The summed E-state index contributed by atoms with van der Waals surface area (Å²) in [4.78, 5) is 11.2. The highest BCUT2D eigenvalue weighted by Gasteiger charge is 2.27. The molecule has 1 N–H and O–H groups in total. The van der Waals surface area contributed by atoms with Crippen LogP contribution >= 0.6 is 0 Å². The Balaban J connectivity index is 1.94. The summed E-state index contributed by atoms with van der Waals surface area (Å²) in [7, 11) is 3.23. The van der Waals surface area contributed by atoms with Crippen LogP contribution in [0.4, 0.5) is 11.5 Å². The maximum Gasteiger partial charge on any atom is 0.162 e. The van der Waals surface area contributed by atoms with Gasteiger partial charge in [-0.3, -0.25) is 0 Å². The Morgan fingerprint density at radius 2 is 1.73 bits per heavy atom. The van der Waals surface area contributed by atoms with Gasteiger partial charge in [-0.25, -0.2) is 9.97 Å². The minimum absolute atomic E-state index is 0.349. The summed E-state index contributed by atoms with van der Waals surface area (Å²) in [5.41, 5.74) is 5.03. The molecule has 1 aliphatic rings. The molecule has 0 saturated heterocycles. The molecule has 6 heteroatoms. The van der Waals surface area contributed by atoms with Crippen molar-refractivity contribution in [2.75, 3.05) is 25.7 Å². The molecular weight excluding hydrogens is 330 g/mol. The van der Waals surface area contributed by atoms with Crippen LogP contribution in [-0.2, 0) is 6.42 Å². The van der Waals surface area contributed by atoms with Crippen LogP contribution in [0.3, 0.4) is 0 Å². The van der Waals surface area contributed by atoms with Crippen LogP contribution in [0.25, 0.3) is 10.9 Å². The predicted octanol–water partition coefficient (Wildman–Crippen LogP) is 3.66. The van der Waals surface area contributed by atoms with E-state index in [2.05, 4.69) is 14.9 Å². The molecule has 1 aliphatic heterocycles. The number of fused-ring (bicyclic) bond motifs is 2. The van der Waals surface area contributed by atoms with E-state index in [1.54, 1.807) is 20.5 Å². The first-order valence-electron chi connectivity index (χ1n) is 8.51. The number of benzene rings is 2. The lowest BCUT2D eigenvalue weighted by Gasteiger charge is -2.23. The van der Waals surface area contributed by atoms with Gasteiger partial charge in [0.2, 0.25) is 0 Å². The topological polar surface area (TPSA) is 67.7 Å². The Labute approximate surface area is 152 Å². The Bertz CT molecular complexity index is 1020. The fraction of sp³-hybridized carbons (Fsp3) is 0.300. The van der Waals surface area contributed by atoms with Crippen LogP contribution in [0.5, 0.6) is 17.2 Å². The normalized spacial score (nSPS) is 13.2. The van der Waals surface area contributed by atoms with E-state index in [1.807, 2.05) is 32.0 Å². The van der Waals surface area contributed by atoms with E-state index in [1.165, 1.54) is 0 Å². The van der Waals surface area contributed by atoms with Gasteiger partial charge in [0.05, 0.1) is 19.7 Å². The Kier molecular flexibility index (Phi) is 3.83. The molecule has 2 aromatic carbocycles. The molecular formula is C20H21N3O3. The number of aromatic hydroxyl groups is 1. The molecule has 2 heterocycles. The standard InChI is InChI=1S/C20H21N3O3/c1-11-12(2)19-13(7-16(11)24)5-6-23(19)20-14-8-17(25-3)18(26-4)9-15(14)21-10-22-20/h7-10,24H,5-6H2,1-4H3. The van der Waals surface area contributed by atoms with Gasteiger partial charge in [0, 0.05) is 23.7 Å². The minimum atomic E-state index is 0.349. The number of nitrogens with zero attached hydrogens (tertiary/aromatic N) is 3. The number of phenolic OH excluding ortho intramolecular Hbond substituents is 1. The number of aromatic nitrogens is 2. The zero-order chi connectivity index (χ0) is 18.4. The molecule has 0 radical (unpaired) electrons. The number of hydrogen-bond acceptors (Lipinski definition) is 6. The van der Waals surface area contributed by atoms with Crippen LogP contribution in [0.1, 0.15) is 16.7 Å². The van der Waals surface area contributed by atoms with E-state index >= 15 is 0 Å². The smallest absolute Gasteiger partial charge is 0.162 e. The molecule has 0 saturated carbocycles. The molecule has 0 amide bonds. The minimum Gasteiger partial charge on any atom is -0.508 e. The lowest BCUT2D eigenvalue weighted by atomic mass is 10.0. The highest BCUT2D eigenvalue weighted by Crippen LogP contribution is 2.43. The zero-order valence-corrected chi connectivity index (χ0v) is 15.3. The second-order valence-electron chi connectivity index (χ2n) is 6.48. The fourth-order valence-corrected chi connectivity index (χ4v) is 3.66. The van der Waals surface area contributed by atoms with Crippen molar-refractivity contribution in [1.82, 2.24) is 9.97 Å². The van der Waals surface area contributed by atoms with E-state index in [9.17, 15) is 5.11 Å². The number of anilines is 2. The Morgan fingerprint density at radius 1 is 1.00 bits per heavy atom. The van der Waals surface area contributed by atoms with E-state index in [4.69, 9.17) is 9.47 Å². The number of rotatable bonds is 3. The second kappa shape index (κ2) is 6.05. The molecule has 0 spiro atoms. The summed E-state index contributed by atoms with van der Waals surface area (Å²) >= 11 is 0. The van der Waals surface area contributed by atoms with Crippen molar-refractivity contribution < 1.29 is 14.6 Å². The Morgan fingerprint density at radius 3 is 2.46 bits per heavy atom. The number of ether oxygens (including phenoxy) is 2. The molecule has 0 fully saturated rings. The number of methoxy groups -OCH3 is 2. The zero-order valence-electron chi connectivity index (χ0n) is 15.3. The molecule has 26 heavy (non-hydrogen) atoms. The largest absolute Gasteiger partial charge is 0.508 e. The van der Waals surface area contributed by atoms with Gasteiger partial charge in [0.1, 0.15) is 17.9 Å². The highest BCUT2D eigenvalue weighted by atomic mass is 16.5. The molecule has 3 aromatic rings. The van der Waals surface area contributed by atoms with Crippen molar-refractivity contribution in [3.63, 3.8) is 0 Å². The van der Waals surface area contributed by atoms with E-state index in [0.717, 1.165) is 52.1 Å². The summed E-state index contributed by atoms with van der Waals surface area (Å²) in [6.45, 7) is 4.78. The highest BCUT2D eigenvalue weighted by molar-refractivity contribution is 5.95. The van der Waals surface area contributed by atoms with Gasteiger partial charge in [-0.05, 0) is 49.1 Å². The summed E-state index contributed by atoms with van der Waals surface area (Å²) in [6.07, 6.45) is 2.44. The molecule has 6 nitrogen and oxygen atoms in total. The van der Waals surface area contributed by atoms with Gasteiger partial charge >= 0.3 is 0 Å². The Hall–Kier alpha value is -3.02. The summed E-state index contributed by atoms with van der Waals surface area (Å²) in [5, 5.41) is 11.0. The van der Waals surface area contributed by atoms with E-state index in [-0.39, 0.29) is 0 Å². The van der Waals surface area contributed by atoms with Crippen LogP contribution in [-0.4, -0.2) is 35.8 Å². The lowest BCUT2D eigenvalue weighted by molar-refractivity contribution is 0.356. The van der Waals surface area contributed by atoms with Crippen molar-refractivity contribution in [3.05, 3.63) is 41.2 Å². The van der Waals surface area contributed by atoms with Gasteiger partial charge < -0.3 is 19.5 Å². The maximum atomic E-state index is 10.1. The molecule has 0 aliphatic carbocycles. The first kappa shape index (κ1) is 16.4. The average Bonchev–Trinajstić information content (AvgIpc) is 3.08. The predicted molar refractivity (Wildman–Crippen MR) is 101 cm³/mol. The average molecular weight is 351 g/mol. The van der Waals surface area contributed by atoms with Gasteiger partial charge in [0.15, 0.2) is 11.5 Å². The number of phenols is 1. The van der Waals surface area contributed by atoms with Crippen LogP contribution in [0, 0.1) is 13.8 Å². The van der Waals surface area contributed by atoms with Crippen molar-refractivity contribution >= 4 is 22.4 Å². The van der Waals surface area contributed by atoms with Gasteiger partial charge in [-0.2, -0.15) is 0 Å². The molecule has 0 unspecified atom stereocenters. The van der Waals surface area contributed by atoms with Crippen LogP contribution in [0.15, 0.2) is 24.5 Å². The van der Waals surface area contributed by atoms with E-state index in [0.29, 0.717) is 17.2 Å². The van der Waals surface area contributed by atoms with Crippen molar-refractivity contribution in [3.8, 4) is 17.2 Å². The van der Waals surface area contributed by atoms with Gasteiger partial charge in [-0.1, -0.05) is 0 Å². The second-order valence-corrected chi connectivity index (χ2v) is 6.48. The lowest BCUT2D eigenvalue weighted by Crippen LogP contribution is -2.16. The van der Waals surface area contributed by atoms with Gasteiger partial charge in [-0.15, -0.1) is 0 Å². The quantitative estimate of drug-likeness (QED) is 0.777. The maximum absolute atomic E-state index is 10.1. The van der Waals surface area contributed by atoms with Crippen LogP contribution in [0.2, 0.25) is 0 Å². The van der Waals surface area contributed by atoms with Crippen LogP contribution < -0.4 is 14.4 Å². The molecule has 134 valence electrons. The third-order valence-electron chi connectivity index (χ3n) is 5.17. The molecule has 0 atom stereocenters. The third-order valence-corrected chi connectivity index (χ3v) is 5.17.